The van der Waals surface area contributed by atoms with Crippen LogP contribution in [-0.2, 0) is 10.8 Å². The molecule has 5 aromatic rings. The predicted molar refractivity (Wildman–Crippen MR) is 219 cm³/mol. The summed E-state index contributed by atoms with van der Waals surface area (Å²) in [5, 5.41) is 27.4. The van der Waals surface area contributed by atoms with Crippen molar-refractivity contribution in [2.75, 3.05) is 7.11 Å². The molecule has 0 heterocycles. The maximum Gasteiger partial charge on any atom is 0.129 e. The Morgan fingerprint density at radius 3 is 1.67 bits per heavy atom. The lowest BCUT2D eigenvalue weighted by Crippen LogP contribution is -2.30. The van der Waals surface area contributed by atoms with Gasteiger partial charge in [0.1, 0.15) is 17.2 Å². The van der Waals surface area contributed by atoms with Crippen molar-refractivity contribution in [2.24, 2.45) is 9.74 Å². The lowest BCUT2D eigenvalue weighted by molar-refractivity contribution is 0.418. The van der Waals surface area contributed by atoms with Gasteiger partial charge in [0, 0.05) is 48.9 Å². The van der Waals surface area contributed by atoms with E-state index in [1.165, 1.54) is 5.56 Å². The van der Waals surface area contributed by atoms with Gasteiger partial charge in [0.2, 0.25) is 0 Å². The lowest BCUT2D eigenvalue weighted by Gasteiger charge is -2.33. The summed E-state index contributed by atoms with van der Waals surface area (Å²) in [6.45, 7) is 18.4. The van der Waals surface area contributed by atoms with Crippen LogP contribution >= 0.6 is 30.3 Å². The van der Waals surface area contributed by atoms with E-state index in [1.807, 2.05) is 96.3 Å². The molecule has 0 bridgehead atoms. The topological polar surface area (TPSA) is 74.4 Å². The first-order valence-electron chi connectivity index (χ1n) is 16.9. The second kappa shape index (κ2) is 14.5. The van der Waals surface area contributed by atoms with Crippen molar-refractivity contribution < 1.29 is 14.9 Å². The number of phenols is 2. The van der Waals surface area contributed by atoms with Crippen molar-refractivity contribution in [3.05, 3.63) is 128 Å². The van der Waals surface area contributed by atoms with Crippen molar-refractivity contribution >= 4 is 63.8 Å². The maximum absolute atomic E-state index is 12.5. The molecule has 8 heteroatoms. The van der Waals surface area contributed by atoms with Gasteiger partial charge in [-0.3, -0.25) is 9.74 Å². The summed E-state index contributed by atoms with van der Waals surface area (Å²) in [5.41, 5.74) is 5.92. The van der Waals surface area contributed by atoms with Crippen LogP contribution in [-0.4, -0.2) is 23.5 Å². The molecule has 5 rings (SSSR count). The number of ether oxygens (including phenoxy) is 1. The number of para-hydroxylation sites is 1. The van der Waals surface area contributed by atoms with Gasteiger partial charge in [0.05, 0.1) is 25.5 Å². The molecular formula is C43H47Cl2N2O3P. The van der Waals surface area contributed by atoms with Gasteiger partial charge in [-0.25, -0.2) is 0 Å². The van der Waals surface area contributed by atoms with Crippen LogP contribution < -0.4 is 20.7 Å². The van der Waals surface area contributed by atoms with Gasteiger partial charge in [-0.2, -0.15) is 0 Å². The number of benzene rings is 5. The molecule has 266 valence electrons. The molecule has 0 aliphatic carbocycles. The van der Waals surface area contributed by atoms with Crippen molar-refractivity contribution in [3.63, 3.8) is 0 Å². The molecule has 5 nitrogen and oxygen atoms in total. The maximum atomic E-state index is 12.5. The van der Waals surface area contributed by atoms with E-state index in [0.717, 1.165) is 22.4 Å². The van der Waals surface area contributed by atoms with E-state index in [0.29, 0.717) is 48.5 Å². The van der Waals surface area contributed by atoms with Gasteiger partial charge in [-0.05, 0) is 85.2 Å². The Morgan fingerprint density at radius 2 is 1.16 bits per heavy atom. The van der Waals surface area contributed by atoms with Gasteiger partial charge in [-0.1, -0.05) is 113 Å². The molecule has 2 N–H and O–H groups in total. The first kappa shape index (κ1) is 38.2. The Morgan fingerprint density at radius 1 is 0.667 bits per heavy atom. The Labute approximate surface area is 313 Å². The highest BCUT2D eigenvalue weighted by Crippen LogP contribution is 2.57. The number of nitrogens with zero attached hydrogens (tertiary/aromatic N) is 2. The normalized spacial score (nSPS) is 12.4. The molecule has 0 amide bonds. The minimum Gasteiger partial charge on any atom is -0.507 e. The number of aliphatic imine (C=N–C) groups is 1. The number of aryl methyl sites for hydroxylation is 3. The van der Waals surface area contributed by atoms with E-state index >= 15 is 0 Å². The molecule has 0 spiro atoms. The molecule has 0 saturated heterocycles. The van der Waals surface area contributed by atoms with Gasteiger partial charge in [0.15, 0.2) is 0 Å². The summed E-state index contributed by atoms with van der Waals surface area (Å²) in [4.78, 5) is 4.98. The van der Waals surface area contributed by atoms with Gasteiger partial charge >= 0.3 is 0 Å². The highest BCUT2D eigenvalue weighted by molar-refractivity contribution is 7.88. The molecule has 0 fully saturated rings. The molecule has 0 aliphatic heterocycles. The Kier molecular flexibility index (Phi) is 10.9. The quantitative estimate of drug-likeness (QED) is 0.129. The average Bonchev–Trinajstić information content (AvgIpc) is 3.04. The van der Waals surface area contributed by atoms with Crippen LogP contribution in [0, 0.1) is 20.8 Å². The number of phenolic OH excluding ortho intramolecular Hbond substituents is 2. The van der Waals surface area contributed by atoms with Crippen LogP contribution in [0.1, 0.15) is 74.9 Å². The fourth-order valence-electron chi connectivity index (χ4n) is 6.61. The number of rotatable bonds is 7. The van der Waals surface area contributed by atoms with Gasteiger partial charge in [0.25, 0.3) is 0 Å². The molecule has 0 radical (unpaired) electrons. The Balaban J connectivity index is 2.05. The fraction of sp³-hybridized carbons (Fsp3) is 0.279. The number of hydrogen-bond donors (Lipinski definition) is 2. The second-order valence-corrected chi connectivity index (χ2v) is 18.9. The minimum atomic E-state index is -3.53. The third-order valence-corrected chi connectivity index (χ3v) is 13.1. The molecule has 0 aromatic heterocycles. The summed E-state index contributed by atoms with van der Waals surface area (Å²) < 4.78 is 11.8. The number of aromatic hydroxyl groups is 2. The molecule has 0 aliphatic rings. The van der Waals surface area contributed by atoms with Crippen molar-refractivity contribution in [1.29, 1.82) is 0 Å². The average molecular weight is 742 g/mol. The Bertz CT molecular complexity index is 2110. The molecule has 5 aromatic carbocycles. The number of hydrogen-bond acceptors (Lipinski definition) is 5. The van der Waals surface area contributed by atoms with Crippen molar-refractivity contribution in [2.45, 2.75) is 73.1 Å². The highest BCUT2D eigenvalue weighted by Gasteiger charge is 2.39. The molecule has 0 atom stereocenters. The molecule has 0 unspecified atom stereocenters. The third kappa shape index (κ3) is 7.63. The SMILES string of the molecule is COc1ccccc1P(=Nc1ccccc1C=Nc1c(C)cc(C)cc1C)(c1cc(Cl)cc(C(C)(C)C)c1O)c1cc(Cl)cc(C(C)(C)C)c1O. The summed E-state index contributed by atoms with van der Waals surface area (Å²) in [6, 6.07) is 26.7. The van der Waals surface area contributed by atoms with Crippen LogP contribution in [0.15, 0.2) is 94.7 Å². The third-order valence-electron chi connectivity index (χ3n) is 9.02. The van der Waals surface area contributed by atoms with Gasteiger partial charge < -0.3 is 14.9 Å². The standard InChI is InChI=1S/C43H47Cl2N2O3P/c1-26-19-27(2)39(28(3)20-26)46-25-29-15-11-12-16-34(29)47-51(36-18-14-13-17-35(36)50-10,37-23-30(44)21-32(40(37)48)42(4,5)6)38-24-31(45)22-33(41(38)49)43(7,8)9/h11-25,48-49H,1-10H3. The zero-order valence-corrected chi connectivity index (χ0v) is 33.5. The summed E-state index contributed by atoms with van der Waals surface area (Å²) in [6.07, 6.45) is 1.83. The Hall–Kier alpha value is -4.02. The monoisotopic (exact) mass is 740 g/mol. The predicted octanol–water partition coefficient (Wildman–Crippen LogP) is 11.5. The first-order valence-corrected chi connectivity index (χ1v) is 19.4. The summed E-state index contributed by atoms with van der Waals surface area (Å²) in [5.74, 6) is 0.632. The molecular weight excluding hydrogens is 694 g/mol. The van der Waals surface area contributed by atoms with Crippen LogP contribution in [0.3, 0.4) is 0 Å². The van der Waals surface area contributed by atoms with E-state index in [9.17, 15) is 10.2 Å². The first-order chi connectivity index (χ1) is 23.9. The number of halogens is 2. The van der Waals surface area contributed by atoms with E-state index < -0.39 is 17.9 Å². The van der Waals surface area contributed by atoms with E-state index in [2.05, 4.69) is 32.9 Å². The summed E-state index contributed by atoms with van der Waals surface area (Å²) >= 11 is 13.9. The van der Waals surface area contributed by atoms with Gasteiger partial charge in [-0.15, -0.1) is 0 Å². The molecule has 0 saturated carbocycles. The highest BCUT2D eigenvalue weighted by atomic mass is 35.5. The van der Waals surface area contributed by atoms with Crippen LogP contribution in [0.25, 0.3) is 0 Å². The second-order valence-electron chi connectivity index (χ2n) is 15.1. The fourth-order valence-corrected chi connectivity index (χ4v) is 11.1. The minimum absolute atomic E-state index is 0.0450. The molecule has 51 heavy (non-hydrogen) atoms. The zero-order chi connectivity index (χ0) is 37.5. The van der Waals surface area contributed by atoms with E-state index in [-0.39, 0.29) is 11.5 Å². The largest absolute Gasteiger partial charge is 0.507 e. The number of methoxy groups -OCH3 is 1. The van der Waals surface area contributed by atoms with Crippen molar-refractivity contribution in [1.82, 2.24) is 0 Å². The lowest BCUT2D eigenvalue weighted by atomic mass is 9.86. The van der Waals surface area contributed by atoms with E-state index in [1.54, 1.807) is 31.4 Å². The van der Waals surface area contributed by atoms with E-state index in [4.69, 9.17) is 37.7 Å². The van der Waals surface area contributed by atoms with Crippen molar-refractivity contribution in [3.8, 4) is 17.2 Å². The van der Waals surface area contributed by atoms with Crippen LogP contribution in [0.5, 0.6) is 17.2 Å². The van der Waals surface area contributed by atoms with Crippen LogP contribution in [0.4, 0.5) is 11.4 Å². The smallest absolute Gasteiger partial charge is 0.129 e. The zero-order valence-electron chi connectivity index (χ0n) is 31.1. The van der Waals surface area contributed by atoms with Crippen LogP contribution in [0.2, 0.25) is 10.0 Å². The summed E-state index contributed by atoms with van der Waals surface area (Å²) in [7, 11) is -1.92.